The summed E-state index contributed by atoms with van der Waals surface area (Å²) in [6.45, 7) is -0.0845. The van der Waals surface area contributed by atoms with Crippen molar-refractivity contribution in [2.45, 2.75) is 6.42 Å². The normalized spacial score (nSPS) is 11.4. The molecule has 23 heavy (non-hydrogen) atoms. The number of benzene rings is 2. The highest BCUT2D eigenvalue weighted by atomic mass is 32.1. The first-order valence-corrected chi connectivity index (χ1v) is 8.20. The lowest BCUT2D eigenvalue weighted by Gasteiger charge is -2.03. The number of anilines is 1. The Morgan fingerprint density at radius 1 is 1.04 bits per heavy atom. The Hall–Kier alpha value is -2.50. The predicted octanol–water partition coefficient (Wildman–Crippen LogP) is 3.81. The molecule has 0 aliphatic heterocycles. The molecule has 0 saturated carbocycles. The lowest BCUT2D eigenvalue weighted by Crippen LogP contribution is -2.11. The summed E-state index contributed by atoms with van der Waals surface area (Å²) in [5.41, 5.74) is 6.73. The van der Waals surface area contributed by atoms with E-state index in [-0.39, 0.29) is 6.61 Å². The summed E-state index contributed by atoms with van der Waals surface area (Å²) in [6.07, 6.45) is 0.612. The Morgan fingerprint density at radius 3 is 2.43 bits per heavy atom. The van der Waals surface area contributed by atoms with Gasteiger partial charge in [0.2, 0.25) is 5.13 Å². The van der Waals surface area contributed by atoms with Crippen LogP contribution >= 0.6 is 11.3 Å². The molecule has 4 nitrogen and oxygen atoms in total. The summed E-state index contributed by atoms with van der Waals surface area (Å²) in [5, 5.41) is 16.4. The van der Waals surface area contributed by atoms with Crippen LogP contribution in [-0.4, -0.2) is 22.4 Å². The van der Waals surface area contributed by atoms with Gasteiger partial charge in [-0.25, -0.2) is 4.98 Å². The Balaban J connectivity index is 1.68. The van der Waals surface area contributed by atoms with Crippen molar-refractivity contribution in [3.8, 4) is 11.3 Å². The number of aliphatic hydroxyl groups excluding tert-OH is 1. The van der Waals surface area contributed by atoms with Crippen LogP contribution in [0.25, 0.3) is 11.3 Å². The zero-order valence-corrected chi connectivity index (χ0v) is 13.3. The summed E-state index contributed by atoms with van der Waals surface area (Å²) in [7, 11) is 0. The summed E-state index contributed by atoms with van der Waals surface area (Å²) >= 11 is 1.49. The van der Waals surface area contributed by atoms with Crippen LogP contribution in [0.15, 0.2) is 71.1 Å². The fraction of sp³-hybridized carbons (Fsp3) is 0.111. The van der Waals surface area contributed by atoms with Crippen LogP contribution in [0.1, 0.15) is 5.56 Å². The summed E-state index contributed by atoms with van der Waals surface area (Å²) in [6, 6.07) is 20.0. The van der Waals surface area contributed by atoms with Crippen molar-refractivity contribution in [2.75, 3.05) is 12.0 Å². The van der Waals surface area contributed by atoms with Gasteiger partial charge >= 0.3 is 0 Å². The molecule has 0 fully saturated rings. The molecule has 0 saturated heterocycles. The molecule has 116 valence electrons. The number of hydrogen-bond acceptors (Lipinski definition) is 5. The van der Waals surface area contributed by atoms with E-state index in [9.17, 15) is 5.11 Å². The molecule has 1 heterocycles. The van der Waals surface area contributed by atoms with Gasteiger partial charge in [-0.3, -0.25) is 5.43 Å². The Bertz CT molecular complexity index is 769. The van der Waals surface area contributed by atoms with Crippen LogP contribution in [0.4, 0.5) is 5.13 Å². The molecule has 0 aliphatic rings. The number of nitrogens with one attached hydrogen (secondary N) is 1. The fourth-order valence-corrected chi connectivity index (χ4v) is 2.82. The SMILES string of the molecule is OCC(Cc1ccccc1)=NNc1nc(-c2ccccc2)cs1. The highest BCUT2D eigenvalue weighted by Gasteiger charge is 2.04. The monoisotopic (exact) mass is 323 g/mol. The van der Waals surface area contributed by atoms with Gasteiger partial charge in [0.25, 0.3) is 0 Å². The van der Waals surface area contributed by atoms with Crippen LogP contribution in [0.2, 0.25) is 0 Å². The van der Waals surface area contributed by atoms with E-state index in [0.717, 1.165) is 16.8 Å². The molecule has 2 N–H and O–H groups in total. The van der Waals surface area contributed by atoms with Gasteiger partial charge in [-0.1, -0.05) is 60.7 Å². The molecule has 0 unspecified atom stereocenters. The minimum absolute atomic E-state index is 0.0845. The highest BCUT2D eigenvalue weighted by molar-refractivity contribution is 7.14. The van der Waals surface area contributed by atoms with E-state index in [1.165, 1.54) is 11.3 Å². The number of aliphatic hydroxyl groups is 1. The molecular weight excluding hydrogens is 306 g/mol. The lowest BCUT2D eigenvalue weighted by molar-refractivity contribution is 0.355. The van der Waals surface area contributed by atoms with E-state index in [2.05, 4.69) is 15.5 Å². The van der Waals surface area contributed by atoms with Gasteiger partial charge in [-0.05, 0) is 5.56 Å². The van der Waals surface area contributed by atoms with Crippen LogP contribution in [0.5, 0.6) is 0 Å². The molecule has 1 aromatic heterocycles. The van der Waals surface area contributed by atoms with Crippen LogP contribution in [0, 0.1) is 0 Å². The van der Waals surface area contributed by atoms with Gasteiger partial charge in [-0.2, -0.15) is 5.10 Å². The second-order valence-electron chi connectivity index (χ2n) is 5.01. The maximum atomic E-state index is 9.46. The zero-order chi connectivity index (χ0) is 15.9. The Morgan fingerprint density at radius 2 is 1.74 bits per heavy atom. The van der Waals surface area contributed by atoms with Gasteiger partial charge in [0.05, 0.1) is 18.0 Å². The lowest BCUT2D eigenvalue weighted by atomic mass is 10.1. The topological polar surface area (TPSA) is 57.5 Å². The summed E-state index contributed by atoms with van der Waals surface area (Å²) in [5.74, 6) is 0. The molecule has 0 spiro atoms. The average Bonchev–Trinajstić information content (AvgIpc) is 3.09. The van der Waals surface area contributed by atoms with E-state index in [1.807, 2.05) is 66.0 Å². The quantitative estimate of drug-likeness (QED) is 0.536. The molecule has 5 heteroatoms. The molecule has 3 rings (SSSR count). The fourth-order valence-electron chi connectivity index (χ4n) is 2.16. The number of rotatable bonds is 6. The molecular formula is C18H17N3OS. The van der Waals surface area contributed by atoms with Gasteiger partial charge in [0.1, 0.15) is 0 Å². The van der Waals surface area contributed by atoms with Crippen LogP contribution in [0.3, 0.4) is 0 Å². The number of hydrogen-bond donors (Lipinski definition) is 2. The third-order valence-electron chi connectivity index (χ3n) is 3.32. The third-order valence-corrected chi connectivity index (χ3v) is 4.06. The first-order valence-electron chi connectivity index (χ1n) is 7.32. The van der Waals surface area contributed by atoms with E-state index in [0.29, 0.717) is 17.3 Å². The Labute approximate surface area is 139 Å². The molecule has 3 aromatic rings. The van der Waals surface area contributed by atoms with E-state index < -0.39 is 0 Å². The van der Waals surface area contributed by atoms with Crippen molar-refractivity contribution in [3.05, 3.63) is 71.6 Å². The third kappa shape index (κ3) is 4.25. The minimum Gasteiger partial charge on any atom is -0.390 e. The minimum atomic E-state index is -0.0845. The molecule has 0 aliphatic carbocycles. The first kappa shape index (κ1) is 15.4. The number of aromatic nitrogens is 1. The Kier molecular flexibility index (Phi) is 5.13. The summed E-state index contributed by atoms with van der Waals surface area (Å²) < 4.78 is 0. The predicted molar refractivity (Wildman–Crippen MR) is 95.8 cm³/mol. The molecule has 0 bridgehead atoms. The summed E-state index contributed by atoms with van der Waals surface area (Å²) in [4.78, 5) is 4.51. The molecule has 0 radical (unpaired) electrons. The van der Waals surface area contributed by atoms with Crippen molar-refractivity contribution >= 4 is 22.2 Å². The second kappa shape index (κ2) is 7.67. The van der Waals surface area contributed by atoms with Crippen LogP contribution in [-0.2, 0) is 6.42 Å². The van der Waals surface area contributed by atoms with Gasteiger partial charge in [-0.15, -0.1) is 11.3 Å². The largest absolute Gasteiger partial charge is 0.390 e. The molecule has 0 atom stereocenters. The number of hydrazone groups is 1. The van der Waals surface area contributed by atoms with Gasteiger partial charge in [0.15, 0.2) is 0 Å². The second-order valence-corrected chi connectivity index (χ2v) is 5.87. The van der Waals surface area contributed by atoms with Crippen LogP contribution < -0.4 is 5.43 Å². The van der Waals surface area contributed by atoms with Crippen molar-refractivity contribution in [3.63, 3.8) is 0 Å². The smallest absolute Gasteiger partial charge is 0.203 e. The standard InChI is InChI=1S/C18H17N3OS/c22-12-16(11-14-7-3-1-4-8-14)20-21-18-19-17(13-23-18)15-9-5-2-6-10-15/h1-10,13,22H,11-12H2,(H,19,21). The number of nitrogens with zero attached hydrogens (tertiary/aromatic N) is 2. The van der Waals surface area contributed by atoms with Crippen molar-refractivity contribution in [2.24, 2.45) is 5.10 Å². The molecule has 2 aromatic carbocycles. The van der Waals surface area contributed by atoms with Gasteiger partial charge in [0, 0.05) is 17.4 Å². The van der Waals surface area contributed by atoms with E-state index >= 15 is 0 Å². The highest BCUT2D eigenvalue weighted by Crippen LogP contribution is 2.24. The average molecular weight is 323 g/mol. The van der Waals surface area contributed by atoms with E-state index in [4.69, 9.17) is 0 Å². The van der Waals surface area contributed by atoms with Crippen molar-refractivity contribution in [1.29, 1.82) is 0 Å². The first-order chi connectivity index (χ1) is 11.3. The maximum Gasteiger partial charge on any atom is 0.203 e. The zero-order valence-electron chi connectivity index (χ0n) is 12.5. The molecule has 0 amide bonds. The number of thiazole rings is 1. The van der Waals surface area contributed by atoms with Crippen molar-refractivity contribution in [1.82, 2.24) is 4.98 Å². The van der Waals surface area contributed by atoms with Crippen molar-refractivity contribution < 1.29 is 5.11 Å². The van der Waals surface area contributed by atoms with E-state index in [1.54, 1.807) is 0 Å². The maximum absolute atomic E-state index is 9.46. The van der Waals surface area contributed by atoms with Gasteiger partial charge < -0.3 is 5.11 Å².